The molecule has 19 heavy (non-hydrogen) atoms. The van der Waals surface area contributed by atoms with E-state index in [1.807, 2.05) is 30.5 Å². The lowest BCUT2D eigenvalue weighted by atomic mass is 10.1. The van der Waals surface area contributed by atoms with Gasteiger partial charge in [-0.2, -0.15) is 5.10 Å². The van der Waals surface area contributed by atoms with Gasteiger partial charge in [-0.25, -0.2) is 4.79 Å². The van der Waals surface area contributed by atoms with Crippen LogP contribution >= 0.6 is 0 Å². The highest BCUT2D eigenvalue weighted by Crippen LogP contribution is 2.27. The number of aromatic amines is 1. The molecule has 1 heterocycles. The zero-order valence-corrected chi connectivity index (χ0v) is 10.5. The number of H-pyrrole nitrogens is 1. The minimum Gasteiger partial charge on any atom is -0.338 e. The highest BCUT2D eigenvalue weighted by Gasteiger charge is 2.21. The van der Waals surface area contributed by atoms with Crippen molar-refractivity contribution in [3.8, 4) is 11.1 Å². The van der Waals surface area contributed by atoms with E-state index in [-0.39, 0.29) is 6.03 Å². The number of hydrogen-bond acceptors (Lipinski definition) is 2. The Hall–Kier alpha value is -2.30. The molecular weight excluding hydrogens is 240 g/mol. The van der Waals surface area contributed by atoms with Gasteiger partial charge in [-0.15, -0.1) is 0 Å². The van der Waals surface area contributed by atoms with Crippen molar-refractivity contribution in [1.82, 2.24) is 15.5 Å². The van der Waals surface area contributed by atoms with E-state index in [2.05, 4.69) is 20.8 Å². The van der Waals surface area contributed by atoms with E-state index in [1.165, 1.54) is 12.8 Å². The van der Waals surface area contributed by atoms with Crippen molar-refractivity contribution in [1.29, 1.82) is 0 Å². The van der Waals surface area contributed by atoms with E-state index in [4.69, 9.17) is 0 Å². The molecule has 1 aliphatic carbocycles. The predicted octanol–water partition coefficient (Wildman–Crippen LogP) is 2.61. The van der Waals surface area contributed by atoms with Crippen LogP contribution < -0.4 is 10.6 Å². The second-order valence-electron chi connectivity index (χ2n) is 4.85. The van der Waals surface area contributed by atoms with Crippen LogP contribution in [-0.2, 0) is 0 Å². The highest BCUT2D eigenvalue weighted by atomic mass is 16.2. The van der Waals surface area contributed by atoms with Gasteiger partial charge in [-0.05, 0) is 36.5 Å². The number of hydrogen-bond donors (Lipinski definition) is 3. The molecule has 0 spiro atoms. The van der Waals surface area contributed by atoms with Gasteiger partial charge in [-0.3, -0.25) is 5.10 Å². The average molecular weight is 256 g/mol. The quantitative estimate of drug-likeness (QED) is 0.787. The van der Waals surface area contributed by atoms with E-state index in [1.54, 1.807) is 6.20 Å². The fraction of sp³-hybridized carbons (Fsp3) is 0.286. The molecule has 1 fully saturated rings. The monoisotopic (exact) mass is 256 g/mol. The number of urea groups is 1. The van der Waals surface area contributed by atoms with Gasteiger partial charge in [0.2, 0.25) is 0 Å². The van der Waals surface area contributed by atoms with Gasteiger partial charge in [0.25, 0.3) is 0 Å². The van der Waals surface area contributed by atoms with Crippen molar-refractivity contribution in [2.75, 3.05) is 11.9 Å². The molecule has 98 valence electrons. The Labute approximate surface area is 111 Å². The fourth-order valence-corrected chi connectivity index (χ4v) is 1.92. The van der Waals surface area contributed by atoms with Crippen LogP contribution in [0.15, 0.2) is 36.7 Å². The minimum absolute atomic E-state index is 0.142. The lowest BCUT2D eigenvalue weighted by molar-refractivity contribution is 0.251. The first kappa shape index (κ1) is 11.8. The van der Waals surface area contributed by atoms with Crippen molar-refractivity contribution in [2.24, 2.45) is 5.92 Å². The van der Waals surface area contributed by atoms with Crippen molar-refractivity contribution in [3.63, 3.8) is 0 Å². The van der Waals surface area contributed by atoms with Crippen LogP contribution in [0.2, 0.25) is 0 Å². The molecular formula is C14H16N4O. The number of anilines is 1. The van der Waals surface area contributed by atoms with Gasteiger partial charge < -0.3 is 10.6 Å². The van der Waals surface area contributed by atoms with Gasteiger partial charge >= 0.3 is 6.03 Å². The molecule has 0 saturated heterocycles. The zero-order chi connectivity index (χ0) is 13.1. The summed E-state index contributed by atoms with van der Waals surface area (Å²) in [5.41, 5.74) is 2.81. The summed E-state index contributed by atoms with van der Waals surface area (Å²) in [6, 6.07) is 7.56. The summed E-state index contributed by atoms with van der Waals surface area (Å²) >= 11 is 0. The third kappa shape index (κ3) is 3.13. The average Bonchev–Trinajstić information content (AvgIpc) is 3.09. The van der Waals surface area contributed by atoms with Gasteiger partial charge in [0.1, 0.15) is 0 Å². The SMILES string of the molecule is O=C(NCC1CC1)Nc1cccc(-c2cn[nH]c2)c1. The van der Waals surface area contributed by atoms with Crippen LogP contribution in [0.1, 0.15) is 12.8 Å². The summed E-state index contributed by atoms with van der Waals surface area (Å²) in [5, 5.41) is 12.4. The second kappa shape index (κ2) is 5.14. The zero-order valence-electron chi connectivity index (χ0n) is 10.5. The highest BCUT2D eigenvalue weighted by molar-refractivity contribution is 5.90. The number of carbonyl (C=O) groups is 1. The number of benzene rings is 1. The molecule has 2 amide bonds. The lowest BCUT2D eigenvalue weighted by Gasteiger charge is -2.08. The number of aromatic nitrogens is 2. The predicted molar refractivity (Wildman–Crippen MR) is 73.8 cm³/mol. The second-order valence-corrected chi connectivity index (χ2v) is 4.85. The first-order valence-corrected chi connectivity index (χ1v) is 6.45. The third-order valence-corrected chi connectivity index (χ3v) is 3.20. The van der Waals surface area contributed by atoms with E-state index >= 15 is 0 Å². The molecule has 0 aliphatic heterocycles. The molecule has 0 atom stereocenters. The molecule has 3 N–H and O–H groups in total. The molecule has 5 nitrogen and oxygen atoms in total. The Morgan fingerprint density at radius 2 is 2.26 bits per heavy atom. The maximum Gasteiger partial charge on any atom is 0.319 e. The Morgan fingerprint density at radius 3 is 3.00 bits per heavy atom. The van der Waals surface area contributed by atoms with Crippen molar-refractivity contribution in [3.05, 3.63) is 36.7 Å². The summed E-state index contributed by atoms with van der Waals surface area (Å²) in [5.74, 6) is 0.683. The van der Waals surface area contributed by atoms with E-state index in [9.17, 15) is 4.79 Å². The standard InChI is InChI=1S/C14H16N4O/c19-14(15-7-10-4-5-10)18-13-3-1-2-11(6-13)12-8-16-17-9-12/h1-3,6,8-10H,4-5,7H2,(H,16,17)(H2,15,18,19). The summed E-state index contributed by atoms with van der Waals surface area (Å²) in [4.78, 5) is 11.7. The van der Waals surface area contributed by atoms with E-state index in [0.29, 0.717) is 5.92 Å². The van der Waals surface area contributed by atoms with Crippen molar-refractivity contribution in [2.45, 2.75) is 12.8 Å². The summed E-state index contributed by atoms with van der Waals surface area (Å²) < 4.78 is 0. The van der Waals surface area contributed by atoms with Gasteiger partial charge in [-0.1, -0.05) is 12.1 Å². The first-order chi connectivity index (χ1) is 9.31. The van der Waals surface area contributed by atoms with E-state index < -0.39 is 0 Å². The Bertz CT molecular complexity index is 561. The smallest absolute Gasteiger partial charge is 0.319 e. The normalized spacial score (nSPS) is 14.1. The molecule has 5 heteroatoms. The van der Waals surface area contributed by atoms with Crippen LogP contribution in [0.3, 0.4) is 0 Å². The maximum absolute atomic E-state index is 11.7. The minimum atomic E-state index is -0.142. The lowest BCUT2D eigenvalue weighted by Crippen LogP contribution is -2.30. The molecule has 0 unspecified atom stereocenters. The van der Waals surface area contributed by atoms with Gasteiger partial charge in [0.05, 0.1) is 6.20 Å². The Balaban J connectivity index is 1.63. The molecule has 1 saturated carbocycles. The molecule has 1 aromatic carbocycles. The van der Waals surface area contributed by atoms with Crippen LogP contribution in [0.25, 0.3) is 11.1 Å². The third-order valence-electron chi connectivity index (χ3n) is 3.20. The molecule has 0 bridgehead atoms. The van der Waals surface area contributed by atoms with Crippen LogP contribution in [0.4, 0.5) is 10.5 Å². The summed E-state index contributed by atoms with van der Waals surface area (Å²) in [6.07, 6.45) is 6.05. The van der Waals surface area contributed by atoms with Crippen molar-refractivity contribution < 1.29 is 4.79 Å². The molecule has 2 aromatic rings. The van der Waals surface area contributed by atoms with Crippen LogP contribution in [0, 0.1) is 5.92 Å². The number of rotatable bonds is 4. The summed E-state index contributed by atoms with van der Waals surface area (Å²) in [7, 11) is 0. The first-order valence-electron chi connectivity index (χ1n) is 6.45. The topological polar surface area (TPSA) is 69.8 Å². The molecule has 1 aromatic heterocycles. The number of carbonyl (C=O) groups excluding carboxylic acids is 1. The van der Waals surface area contributed by atoms with E-state index in [0.717, 1.165) is 23.4 Å². The van der Waals surface area contributed by atoms with Crippen LogP contribution in [0.5, 0.6) is 0 Å². The molecule has 3 rings (SSSR count). The van der Waals surface area contributed by atoms with Crippen molar-refractivity contribution >= 4 is 11.7 Å². The number of nitrogens with one attached hydrogen (secondary N) is 3. The van der Waals surface area contributed by atoms with Gasteiger partial charge in [0.15, 0.2) is 0 Å². The Kier molecular flexibility index (Phi) is 3.18. The molecule has 1 aliphatic rings. The van der Waals surface area contributed by atoms with Gasteiger partial charge in [0, 0.05) is 24.0 Å². The summed E-state index contributed by atoms with van der Waals surface area (Å²) in [6.45, 7) is 0.771. The molecule has 0 radical (unpaired) electrons. The fourth-order valence-electron chi connectivity index (χ4n) is 1.92. The largest absolute Gasteiger partial charge is 0.338 e. The Morgan fingerprint density at radius 1 is 1.37 bits per heavy atom. The maximum atomic E-state index is 11.7. The number of nitrogens with zero attached hydrogens (tertiary/aromatic N) is 1. The number of amides is 2. The van der Waals surface area contributed by atoms with Crippen LogP contribution in [-0.4, -0.2) is 22.8 Å².